The third kappa shape index (κ3) is 3.48. The van der Waals surface area contributed by atoms with E-state index in [4.69, 9.17) is 4.74 Å². The smallest absolute Gasteiger partial charge is 0.123 e. The largest absolute Gasteiger partial charge is 0.507 e. The molecule has 2 rings (SSSR count). The normalized spacial score (nSPS) is 12.2. The molecule has 3 nitrogen and oxygen atoms in total. The van der Waals surface area contributed by atoms with Crippen LogP contribution < -0.4 is 10.1 Å². The van der Waals surface area contributed by atoms with Crippen LogP contribution in [0.15, 0.2) is 42.5 Å². The van der Waals surface area contributed by atoms with Crippen LogP contribution in [0, 0.1) is 5.82 Å². The average Bonchev–Trinajstić information content (AvgIpc) is 2.46. The molecule has 1 atom stereocenters. The lowest BCUT2D eigenvalue weighted by Gasteiger charge is -2.15. The molecular formula is C16H18FNO2. The summed E-state index contributed by atoms with van der Waals surface area (Å²) in [5, 5.41) is 13.2. The van der Waals surface area contributed by atoms with Gasteiger partial charge in [-0.05, 0) is 30.7 Å². The van der Waals surface area contributed by atoms with Crippen LogP contribution in [0.4, 0.5) is 4.39 Å². The Balaban J connectivity index is 1.99. The van der Waals surface area contributed by atoms with Gasteiger partial charge < -0.3 is 15.2 Å². The molecule has 0 fully saturated rings. The van der Waals surface area contributed by atoms with Gasteiger partial charge in [0.25, 0.3) is 0 Å². The Labute approximate surface area is 118 Å². The van der Waals surface area contributed by atoms with Crippen molar-refractivity contribution in [1.82, 2.24) is 5.32 Å². The maximum atomic E-state index is 12.9. The van der Waals surface area contributed by atoms with Gasteiger partial charge in [0.15, 0.2) is 0 Å². The fourth-order valence-corrected chi connectivity index (χ4v) is 1.95. The van der Waals surface area contributed by atoms with Gasteiger partial charge in [-0.3, -0.25) is 0 Å². The highest BCUT2D eigenvalue weighted by Crippen LogP contribution is 2.24. The molecule has 0 heterocycles. The Morgan fingerprint density at radius 1 is 1.20 bits per heavy atom. The lowest BCUT2D eigenvalue weighted by molar-refractivity contribution is 0.405. The summed E-state index contributed by atoms with van der Waals surface area (Å²) in [6, 6.07) is 11.7. The molecule has 106 valence electrons. The first kappa shape index (κ1) is 14.3. The zero-order valence-corrected chi connectivity index (χ0v) is 11.6. The van der Waals surface area contributed by atoms with Gasteiger partial charge in [-0.1, -0.05) is 18.2 Å². The molecule has 0 aromatic heterocycles. The fourth-order valence-electron chi connectivity index (χ4n) is 1.95. The molecule has 2 N–H and O–H groups in total. The lowest BCUT2D eigenvalue weighted by atomic mass is 10.1. The van der Waals surface area contributed by atoms with Crippen LogP contribution in [0.25, 0.3) is 0 Å². The molecule has 4 heteroatoms. The Morgan fingerprint density at radius 3 is 2.50 bits per heavy atom. The summed E-state index contributed by atoms with van der Waals surface area (Å²) in [6.07, 6.45) is 0. The zero-order chi connectivity index (χ0) is 14.5. The van der Waals surface area contributed by atoms with Crippen molar-refractivity contribution in [2.75, 3.05) is 7.11 Å². The zero-order valence-electron chi connectivity index (χ0n) is 11.6. The third-order valence-electron chi connectivity index (χ3n) is 3.26. The summed E-state index contributed by atoms with van der Waals surface area (Å²) < 4.78 is 17.9. The number of nitrogens with one attached hydrogen (secondary N) is 1. The molecule has 0 aliphatic heterocycles. The number of phenols is 1. The van der Waals surface area contributed by atoms with E-state index in [-0.39, 0.29) is 17.6 Å². The van der Waals surface area contributed by atoms with Gasteiger partial charge >= 0.3 is 0 Å². The van der Waals surface area contributed by atoms with E-state index in [0.29, 0.717) is 12.3 Å². The molecule has 0 spiro atoms. The Kier molecular flexibility index (Phi) is 4.58. The number of ether oxygens (including phenoxy) is 1. The molecule has 0 radical (unpaired) electrons. The Morgan fingerprint density at radius 2 is 1.90 bits per heavy atom. The second-order valence-corrected chi connectivity index (χ2v) is 4.65. The maximum Gasteiger partial charge on any atom is 0.123 e. The molecule has 2 aromatic carbocycles. The molecule has 0 saturated carbocycles. The number of hydrogen-bond donors (Lipinski definition) is 2. The summed E-state index contributed by atoms with van der Waals surface area (Å²) in [4.78, 5) is 0. The topological polar surface area (TPSA) is 41.5 Å². The molecular weight excluding hydrogens is 257 g/mol. The second-order valence-electron chi connectivity index (χ2n) is 4.65. The van der Waals surface area contributed by atoms with E-state index in [1.165, 1.54) is 12.1 Å². The van der Waals surface area contributed by atoms with E-state index in [9.17, 15) is 9.50 Å². The van der Waals surface area contributed by atoms with Crippen LogP contribution in [0.5, 0.6) is 11.5 Å². The van der Waals surface area contributed by atoms with Gasteiger partial charge in [0.2, 0.25) is 0 Å². The molecule has 0 amide bonds. The van der Waals surface area contributed by atoms with Crippen molar-refractivity contribution >= 4 is 0 Å². The summed E-state index contributed by atoms with van der Waals surface area (Å²) in [7, 11) is 1.56. The van der Waals surface area contributed by atoms with Crippen LogP contribution in [0.2, 0.25) is 0 Å². The SMILES string of the molecule is COc1ccc(CN[C@@H](C)c2ccc(F)cc2)c(O)c1. The number of benzene rings is 2. The van der Waals surface area contributed by atoms with Gasteiger partial charge in [0, 0.05) is 24.2 Å². The Bertz CT molecular complexity index is 569. The third-order valence-corrected chi connectivity index (χ3v) is 3.26. The molecule has 0 aliphatic carbocycles. The van der Waals surface area contributed by atoms with Crippen molar-refractivity contribution in [3.8, 4) is 11.5 Å². The van der Waals surface area contributed by atoms with Crippen molar-refractivity contribution in [1.29, 1.82) is 0 Å². The monoisotopic (exact) mass is 275 g/mol. The van der Waals surface area contributed by atoms with Crippen LogP contribution in [-0.4, -0.2) is 12.2 Å². The van der Waals surface area contributed by atoms with Crippen molar-refractivity contribution in [3.05, 3.63) is 59.4 Å². The predicted octanol–water partition coefficient (Wildman–Crippen LogP) is 3.39. The van der Waals surface area contributed by atoms with Crippen molar-refractivity contribution in [3.63, 3.8) is 0 Å². The summed E-state index contributed by atoms with van der Waals surface area (Å²) in [5.74, 6) is 0.578. The molecule has 0 bridgehead atoms. The van der Waals surface area contributed by atoms with Crippen molar-refractivity contribution < 1.29 is 14.2 Å². The second kappa shape index (κ2) is 6.39. The van der Waals surface area contributed by atoms with E-state index >= 15 is 0 Å². The molecule has 2 aromatic rings. The van der Waals surface area contributed by atoms with Gasteiger partial charge in [0.05, 0.1) is 7.11 Å². The van der Waals surface area contributed by atoms with Gasteiger partial charge in [-0.25, -0.2) is 4.39 Å². The van der Waals surface area contributed by atoms with Gasteiger partial charge in [-0.2, -0.15) is 0 Å². The van der Waals surface area contributed by atoms with Crippen molar-refractivity contribution in [2.45, 2.75) is 19.5 Å². The highest BCUT2D eigenvalue weighted by molar-refractivity contribution is 5.39. The van der Waals surface area contributed by atoms with Crippen LogP contribution >= 0.6 is 0 Å². The minimum absolute atomic E-state index is 0.0668. The molecule has 20 heavy (non-hydrogen) atoms. The van der Waals surface area contributed by atoms with E-state index in [0.717, 1.165) is 11.1 Å². The maximum absolute atomic E-state index is 12.9. The highest BCUT2D eigenvalue weighted by Gasteiger charge is 2.07. The van der Waals surface area contributed by atoms with Crippen LogP contribution in [0.3, 0.4) is 0 Å². The predicted molar refractivity (Wildman–Crippen MR) is 76.3 cm³/mol. The van der Waals surface area contributed by atoms with E-state index < -0.39 is 0 Å². The number of aromatic hydroxyl groups is 1. The van der Waals surface area contributed by atoms with E-state index in [2.05, 4.69) is 5.32 Å². The minimum Gasteiger partial charge on any atom is -0.507 e. The molecule has 0 saturated heterocycles. The van der Waals surface area contributed by atoms with Gasteiger partial charge in [-0.15, -0.1) is 0 Å². The standard InChI is InChI=1S/C16H18FNO2/c1-11(12-3-6-14(17)7-4-12)18-10-13-5-8-15(20-2)9-16(13)19/h3-9,11,18-19H,10H2,1-2H3/t11-/m0/s1. The first-order valence-corrected chi connectivity index (χ1v) is 6.45. The molecule has 0 unspecified atom stereocenters. The number of rotatable bonds is 5. The number of halogens is 1. The number of phenolic OH excluding ortho intramolecular Hbond substituents is 1. The quantitative estimate of drug-likeness (QED) is 0.879. The highest BCUT2D eigenvalue weighted by atomic mass is 19.1. The summed E-state index contributed by atoms with van der Waals surface area (Å²) >= 11 is 0. The fraction of sp³-hybridized carbons (Fsp3) is 0.250. The van der Waals surface area contributed by atoms with Gasteiger partial charge in [0.1, 0.15) is 17.3 Å². The number of methoxy groups -OCH3 is 1. The Hall–Kier alpha value is -2.07. The number of hydrogen-bond acceptors (Lipinski definition) is 3. The summed E-state index contributed by atoms with van der Waals surface area (Å²) in [5.41, 5.74) is 1.79. The van der Waals surface area contributed by atoms with Crippen LogP contribution in [-0.2, 0) is 6.54 Å². The van der Waals surface area contributed by atoms with E-state index in [1.807, 2.05) is 13.0 Å². The average molecular weight is 275 g/mol. The molecule has 0 aliphatic rings. The first-order valence-electron chi connectivity index (χ1n) is 6.45. The van der Waals surface area contributed by atoms with Crippen molar-refractivity contribution in [2.24, 2.45) is 0 Å². The van der Waals surface area contributed by atoms with Crippen LogP contribution in [0.1, 0.15) is 24.1 Å². The van der Waals surface area contributed by atoms with E-state index in [1.54, 1.807) is 31.4 Å². The summed E-state index contributed by atoms with van der Waals surface area (Å²) in [6.45, 7) is 2.52. The first-order chi connectivity index (χ1) is 9.60. The lowest BCUT2D eigenvalue weighted by Crippen LogP contribution is -2.18. The minimum atomic E-state index is -0.242.